The molecule has 0 aliphatic rings. The van der Waals surface area contributed by atoms with E-state index in [0.717, 1.165) is 0 Å². The van der Waals surface area contributed by atoms with Gasteiger partial charge in [-0.05, 0) is 0 Å². The van der Waals surface area contributed by atoms with Crippen molar-refractivity contribution in [2.24, 2.45) is 5.90 Å². The molecule has 1 atom stereocenters. The molecule has 0 aliphatic carbocycles. The Morgan fingerprint density at radius 2 is 2.12 bits per heavy atom. The molecule has 0 bridgehead atoms. The summed E-state index contributed by atoms with van der Waals surface area (Å²) in [5, 5.41) is 16.5. The topological polar surface area (TPSA) is 75.7 Å². The maximum Gasteiger partial charge on any atom is 0.102 e. The van der Waals surface area contributed by atoms with E-state index in [1.54, 1.807) is 0 Å². The fraction of sp³-hybridized carbons (Fsp3) is 1.00. The zero-order valence-electron chi connectivity index (χ0n) is 4.28. The summed E-state index contributed by atoms with van der Waals surface area (Å²) in [5.41, 5.74) is 0. The Hall–Kier alpha value is 0.130. The van der Waals surface area contributed by atoms with Gasteiger partial charge in [0.2, 0.25) is 0 Å². The molecule has 0 amide bonds. The first kappa shape index (κ1) is 11.0. The van der Waals surface area contributed by atoms with Gasteiger partial charge in [0.1, 0.15) is 6.10 Å². The molecule has 0 spiro atoms. The number of hydrogen-bond donors (Lipinski definition) is 3. The van der Waals surface area contributed by atoms with Crippen molar-refractivity contribution >= 4 is 12.4 Å². The minimum Gasteiger partial charge on any atom is -0.394 e. The molecule has 0 saturated heterocycles. The van der Waals surface area contributed by atoms with Crippen LogP contribution < -0.4 is 5.90 Å². The summed E-state index contributed by atoms with van der Waals surface area (Å²) in [5.74, 6) is 4.53. The second-order valence-electron chi connectivity index (χ2n) is 1.17. The van der Waals surface area contributed by atoms with Gasteiger partial charge in [-0.3, -0.25) is 0 Å². The lowest BCUT2D eigenvalue weighted by atomic mass is 10.4. The van der Waals surface area contributed by atoms with Crippen LogP contribution in [0.15, 0.2) is 0 Å². The van der Waals surface area contributed by atoms with Crippen LogP contribution in [0.3, 0.4) is 0 Å². The van der Waals surface area contributed by atoms with E-state index >= 15 is 0 Å². The van der Waals surface area contributed by atoms with Crippen molar-refractivity contribution in [3.8, 4) is 0 Å². The molecule has 0 saturated carbocycles. The van der Waals surface area contributed by atoms with Crippen molar-refractivity contribution in [2.75, 3.05) is 13.2 Å². The van der Waals surface area contributed by atoms with Gasteiger partial charge < -0.3 is 15.1 Å². The summed E-state index contributed by atoms with van der Waals surface area (Å²) < 4.78 is 0. The van der Waals surface area contributed by atoms with Crippen LogP contribution in [0.2, 0.25) is 0 Å². The van der Waals surface area contributed by atoms with Crippen molar-refractivity contribution in [2.45, 2.75) is 6.10 Å². The largest absolute Gasteiger partial charge is 0.394 e. The predicted octanol–water partition coefficient (Wildman–Crippen LogP) is -1.35. The highest BCUT2D eigenvalue weighted by Gasteiger charge is 1.97. The molecule has 4 N–H and O–H groups in total. The highest BCUT2D eigenvalue weighted by atomic mass is 35.5. The van der Waals surface area contributed by atoms with E-state index in [2.05, 4.69) is 10.7 Å². The molecule has 8 heavy (non-hydrogen) atoms. The first-order valence-electron chi connectivity index (χ1n) is 1.92. The fourth-order valence-electron chi connectivity index (χ4n) is 0.164. The second kappa shape index (κ2) is 7.13. The monoisotopic (exact) mass is 143 g/mol. The number of rotatable bonds is 3. The van der Waals surface area contributed by atoms with E-state index in [0.29, 0.717) is 0 Å². The molecule has 0 aromatic carbocycles. The summed E-state index contributed by atoms with van der Waals surface area (Å²) in [7, 11) is 0. The van der Waals surface area contributed by atoms with Crippen LogP contribution in [-0.4, -0.2) is 29.5 Å². The molecule has 0 radical (unpaired) electrons. The molecule has 4 nitrogen and oxygen atoms in total. The predicted molar refractivity (Wildman–Crippen MR) is 30.5 cm³/mol. The van der Waals surface area contributed by atoms with Crippen molar-refractivity contribution < 1.29 is 15.1 Å². The second-order valence-corrected chi connectivity index (χ2v) is 1.17. The Morgan fingerprint density at radius 3 is 2.25 bits per heavy atom. The van der Waals surface area contributed by atoms with E-state index in [1.165, 1.54) is 0 Å². The quantitative estimate of drug-likeness (QED) is 0.427. The van der Waals surface area contributed by atoms with Gasteiger partial charge in [-0.2, -0.15) is 0 Å². The van der Waals surface area contributed by atoms with Crippen molar-refractivity contribution in [3.05, 3.63) is 0 Å². The maximum absolute atomic E-state index is 8.40. The Labute approximate surface area is 53.6 Å². The number of aliphatic hydroxyl groups excluding tert-OH is 2. The number of halogens is 1. The van der Waals surface area contributed by atoms with Gasteiger partial charge >= 0.3 is 0 Å². The SMILES string of the molecule is Cl.NOCC(O)CO. The highest BCUT2D eigenvalue weighted by Crippen LogP contribution is 1.76. The molecule has 0 aliphatic heterocycles. The molecule has 0 heterocycles. The molecular formula is C3H10ClNO3. The van der Waals surface area contributed by atoms with Gasteiger partial charge in [-0.25, -0.2) is 5.90 Å². The average molecular weight is 144 g/mol. The molecule has 0 aromatic rings. The van der Waals surface area contributed by atoms with Crippen LogP contribution in [-0.2, 0) is 4.84 Å². The van der Waals surface area contributed by atoms with Gasteiger partial charge in [0.05, 0.1) is 13.2 Å². The van der Waals surface area contributed by atoms with E-state index in [1.807, 2.05) is 0 Å². The van der Waals surface area contributed by atoms with Gasteiger partial charge in [0, 0.05) is 0 Å². The standard InChI is InChI=1S/C3H9NO3.ClH/c4-7-2-3(6)1-5;/h3,5-6H,1-2,4H2;1H. The van der Waals surface area contributed by atoms with E-state index in [-0.39, 0.29) is 25.6 Å². The summed E-state index contributed by atoms with van der Waals surface area (Å²) >= 11 is 0. The Morgan fingerprint density at radius 1 is 1.62 bits per heavy atom. The van der Waals surface area contributed by atoms with Gasteiger partial charge in [0.25, 0.3) is 0 Å². The normalized spacial score (nSPS) is 12.4. The minimum absolute atomic E-state index is 0. The Bertz CT molecular complexity index is 45.5. The number of hydrogen-bond acceptors (Lipinski definition) is 4. The first-order chi connectivity index (χ1) is 3.31. The van der Waals surface area contributed by atoms with E-state index < -0.39 is 6.10 Å². The summed E-state index contributed by atoms with van der Waals surface area (Å²) in [6, 6.07) is 0. The van der Waals surface area contributed by atoms with Gasteiger partial charge in [0.15, 0.2) is 0 Å². The lowest BCUT2D eigenvalue weighted by molar-refractivity contribution is 0.00574. The Balaban J connectivity index is 0. The smallest absolute Gasteiger partial charge is 0.102 e. The van der Waals surface area contributed by atoms with Crippen LogP contribution in [0.5, 0.6) is 0 Å². The van der Waals surface area contributed by atoms with E-state index in [9.17, 15) is 0 Å². The summed E-state index contributed by atoms with van der Waals surface area (Å²) in [6.45, 7) is -0.326. The van der Waals surface area contributed by atoms with Crippen molar-refractivity contribution in [3.63, 3.8) is 0 Å². The first-order valence-corrected chi connectivity index (χ1v) is 1.92. The lowest BCUT2D eigenvalue weighted by Gasteiger charge is -2.01. The van der Waals surface area contributed by atoms with Crippen LogP contribution in [0.4, 0.5) is 0 Å². The number of aliphatic hydroxyl groups is 2. The molecule has 52 valence electrons. The van der Waals surface area contributed by atoms with Crippen LogP contribution in [0, 0.1) is 0 Å². The minimum atomic E-state index is -0.843. The summed E-state index contributed by atoms with van der Waals surface area (Å²) in [4.78, 5) is 3.98. The summed E-state index contributed by atoms with van der Waals surface area (Å²) in [6.07, 6.45) is -0.843. The zero-order chi connectivity index (χ0) is 5.70. The average Bonchev–Trinajstić information content (AvgIpc) is 1.68. The third kappa shape index (κ3) is 6.13. The lowest BCUT2D eigenvalue weighted by Crippen LogP contribution is -2.21. The Kier molecular flexibility index (Phi) is 9.80. The maximum atomic E-state index is 8.40. The van der Waals surface area contributed by atoms with Crippen LogP contribution in [0.25, 0.3) is 0 Å². The van der Waals surface area contributed by atoms with Crippen molar-refractivity contribution in [1.82, 2.24) is 0 Å². The third-order valence-electron chi connectivity index (χ3n) is 0.499. The molecule has 1 unspecified atom stereocenters. The van der Waals surface area contributed by atoms with E-state index in [4.69, 9.17) is 10.2 Å². The van der Waals surface area contributed by atoms with Gasteiger partial charge in [-0.1, -0.05) is 0 Å². The zero-order valence-corrected chi connectivity index (χ0v) is 5.10. The van der Waals surface area contributed by atoms with Crippen LogP contribution >= 0.6 is 12.4 Å². The molecule has 0 fully saturated rings. The molecular weight excluding hydrogens is 133 g/mol. The van der Waals surface area contributed by atoms with Gasteiger partial charge in [-0.15, -0.1) is 12.4 Å². The molecule has 5 heteroatoms. The fourth-order valence-corrected chi connectivity index (χ4v) is 0.164. The van der Waals surface area contributed by atoms with Crippen LogP contribution in [0.1, 0.15) is 0 Å². The molecule has 0 aromatic heterocycles. The number of nitrogens with two attached hydrogens (primary N) is 1. The van der Waals surface area contributed by atoms with Crippen molar-refractivity contribution in [1.29, 1.82) is 0 Å². The third-order valence-corrected chi connectivity index (χ3v) is 0.499. The highest BCUT2D eigenvalue weighted by molar-refractivity contribution is 5.85. The molecule has 0 rings (SSSR count).